The number of nitrogens with one attached hydrogen (secondary N) is 5. The minimum Gasteiger partial charge on any atom is -0.475 e. The lowest BCUT2D eigenvalue weighted by atomic mass is 10.0. The van der Waals surface area contributed by atoms with Gasteiger partial charge in [0, 0.05) is 70.8 Å². The van der Waals surface area contributed by atoms with Crippen LogP contribution < -0.4 is 66.7 Å². The second-order valence-electron chi connectivity index (χ2n) is 29.3. The second-order valence-corrected chi connectivity index (χ2v) is 29.3. The second kappa shape index (κ2) is 77.2. The van der Waals surface area contributed by atoms with Gasteiger partial charge in [-0.1, -0.05) is 271 Å². The number of rotatable bonds is 70. The number of carboxylic acids is 3. The molecule has 0 unspecified atom stereocenters. The Kier molecular flexibility index (Phi) is 75.9. The summed E-state index contributed by atoms with van der Waals surface area (Å²) in [7, 11) is 0. The molecular formula is C80H147F9N16O13. The lowest BCUT2D eigenvalue weighted by Crippen LogP contribution is -2.56. The minimum absolute atomic E-state index is 0.0118. The fourth-order valence-corrected chi connectivity index (χ4v) is 12.0. The van der Waals surface area contributed by atoms with E-state index < -0.39 is 84.1 Å². The predicted octanol–water partition coefficient (Wildman–Crippen LogP) is 12.8. The quantitative estimate of drug-likeness (QED) is 0.00884. The number of alkyl halides is 9. The lowest BCUT2D eigenvalue weighted by molar-refractivity contribution is -0.193. The first kappa shape index (κ1) is 116. The van der Waals surface area contributed by atoms with Crippen molar-refractivity contribution >= 4 is 77.1 Å². The van der Waals surface area contributed by atoms with Crippen LogP contribution in [0.5, 0.6) is 0 Å². The summed E-state index contributed by atoms with van der Waals surface area (Å²) in [6.45, 7) is 5.50. The van der Waals surface area contributed by atoms with Crippen LogP contribution in [0.3, 0.4) is 0 Å². The van der Waals surface area contributed by atoms with Crippen LogP contribution in [-0.2, 0) is 47.9 Å². The molecule has 0 spiro atoms. The largest absolute Gasteiger partial charge is 0.490 e. The number of carboxylic acid groups (broad SMARTS) is 3. The molecule has 0 saturated carbocycles. The number of guanidine groups is 3. The molecule has 118 heavy (non-hydrogen) atoms. The number of amides is 7. The number of hydrogen-bond donors (Lipinski definition) is 15. The molecule has 0 aromatic heterocycles. The maximum Gasteiger partial charge on any atom is 0.490 e. The van der Waals surface area contributed by atoms with Crippen LogP contribution in [-0.4, -0.2) is 180 Å². The molecule has 0 fully saturated rings. The Labute approximate surface area is 693 Å². The van der Waals surface area contributed by atoms with Crippen molar-refractivity contribution < 1.29 is 103 Å². The topological polar surface area (TPSA) is 514 Å². The lowest BCUT2D eigenvalue weighted by Gasteiger charge is -2.24. The maximum atomic E-state index is 14.1. The van der Waals surface area contributed by atoms with Crippen molar-refractivity contribution in [3.63, 3.8) is 0 Å². The SMILES string of the molecule is CCCCCCCCCCCCCCCCCCCCCCCC(=O)NCCN(CCNC(=O)CCCCCCCCCCCCCCCCCCCCCCC)C(=O)/C=C\C(=O)N[C@@H](CCCN=C(N)N)C(=O)N[C@@H](CCCN=C(N)N)C(=O)N[C@@H](CCCN=C(N)N)C(N)=O.O=C(O)C(F)(F)F.O=C(O)C(F)(F)F.O=C(O)C(F)(F)F. The highest BCUT2D eigenvalue weighted by Crippen LogP contribution is 2.20. The monoisotopic (exact) mass is 1710 g/mol. The number of carbonyl (C=O) groups excluding carboxylic acids is 7. The number of nitrogens with two attached hydrogens (primary N) is 7. The van der Waals surface area contributed by atoms with E-state index in [-0.39, 0.29) is 108 Å². The van der Waals surface area contributed by atoms with E-state index in [0.29, 0.717) is 19.3 Å². The smallest absolute Gasteiger partial charge is 0.475 e. The Hall–Kier alpha value is -8.38. The van der Waals surface area contributed by atoms with Crippen molar-refractivity contribution in [3.8, 4) is 0 Å². The Morgan fingerprint density at radius 2 is 0.551 bits per heavy atom. The zero-order valence-electron chi connectivity index (χ0n) is 70.3. The van der Waals surface area contributed by atoms with Gasteiger partial charge >= 0.3 is 36.4 Å². The Bertz CT molecular complexity index is 2660. The third-order valence-electron chi connectivity index (χ3n) is 18.6. The van der Waals surface area contributed by atoms with Crippen molar-refractivity contribution in [2.24, 2.45) is 55.1 Å². The van der Waals surface area contributed by atoms with E-state index in [0.717, 1.165) is 50.7 Å². The first-order chi connectivity index (χ1) is 55.8. The van der Waals surface area contributed by atoms with E-state index in [2.05, 4.69) is 55.4 Å². The molecule has 688 valence electrons. The van der Waals surface area contributed by atoms with Crippen LogP contribution in [0.4, 0.5) is 39.5 Å². The van der Waals surface area contributed by atoms with Gasteiger partial charge in [0.2, 0.25) is 41.4 Å². The molecule has 0 aliphatic heterocycles. The van der Waals surface area contributed by atoms with Gasteiger partial charge in [0.15, 0.2) is 17.9 Å². The van der Waals surface area contributed by atoms with Crippen molar-refractivity contribution in [1.29, 1.82) is 0 Å². The number of carbonyl (C=O) groups is 10. The molecule has 0 bridgehead atoms. The van der Waals surface area contributed by atoms with E-state index >= 15 is 0 Å². The molecule has 0 aromatic rings. The van der Waals surface area contributed by atoms with E-state index in [1.54, 1.807) is 0 Å². The van der Waals surface area contributed by atoms with Crippen molar-refractivity contribution in [2.75, 3.05) is 45.8 Å². The fraction of sp³-hybridized carbons (Fsp3) is 0.812. The normalized spacial score (nSPS) is 12.0. The summed E-state index contributed by atoms with van der Waals surface area (Å²) < 4.78 is 95.2. The summed E-state index contributed by atoms with van der Waals surface area (Å²) in [5, 5.41) is 35.2. The zero-order chi connectivity index (χ0) is 89.7. The van der Waals surface area contributed by atoms with E-state index in [1.165, 1.54) is 236 Å². The summed E-state index contributed by atoms with van der Waals surface area (Å²) in [4.78, 5) is 134. The third-order valence-corrected chi connectivity index (χ3v) is 18.6. The first-order valence-electron chi connectivity index (χ1n) is 42.6. The number of nitrogens with zero attached hydrogens (tertiary/aromatic N) is 4. The molecule has 0 aliphatic rings. The van der Waals surface area contributed by atoms with Crippen LogP contribution >= 0.6 is 0 Å². The average molecular weight is 1710 g/mol. The standard InChI is InChI=1S/C74H144N16O7.3C2HF3O2/c1-3-5-7-9-11-13-15-17-19-21-23-25-27-29-31-33-35-37-39-41-43-51-65(91)82-58-60-90(61-59-83-66(92)52-44-42-40-38-36-34-32-30-28-26-24-22-20-18-16-14-12-10-8-6-4-2)68(94)54-53-67(93)87-63(49-46-56-85-73(78)79)70(96)89-64(50-47-57-86-74(80)81)71(97)88-62(69(75)95)48-45-55-84-72(76)77;3*3-2(4,5)1(6)7/h53-54,62-64H,3-52,55-61H2,1-2H3,(H2,75,95)(H,82,91)(H,83,92)(H,87,93)(H,88,97)(H,89,96)(H4,76,77,84)(H4,78,79,85)(H4,80,81,86);3*(H,6,7)/b54-53-;;;/t62-,63-,64-;;;/m0.../s1. The van der Waals surface area contributed by atoms with E-state index in [4.69, 9.17) is 69.8 Å². The zero-order valence-corrected chi connectivity index (χ0v) is 70.3. The Balaban J connectivity index is -0.00000270. The highest BCUT2D eigenvalue weighted by molar-refractivity contribution is 5.99. The molecule has 22 N–H and O–H groups in total. The van der Waals surface area contributed by atoms with Gasteiger partial charge in [0.1, 0.15) is 18.1 Å². The number of unbranched alkanes of at least 4 members (excludes halogenated alkanes) is 40. The van der Waals surface area contributed by atoms with Crippen LogP contribution in [0.1, 0.15) is 335 Å². The fourth-order valence-electron chi connectivity index (χ4n) is 12.0. The number of aliphatic carboxylic acids is 3. The van der Waals surface area contributed by atoms with Gasteiger partial charge in [-0.05, 0) is 51.4 Å². The molecule has 7 amide bonds. The number of aliphatic imine (C=N–C) groups is 3. The van der Waals surface area contributed by atoms with Gasteiger partial charge in [-0.3, -0.25) is 48.5 Å². The predicted molar refractivity (Wildman–Crippen MR) is 442 cm³/mol. The van der Waals surface area contributed by atoms with Gasteiger partial charge in [-0.25, -0.2) is 14.4 Å². The Morgan fingerprint density at radius 1 is 0.331 bits per heavy atom. The van der Waals surface area contributed by atoms with Crippen LogP contribution in [0.25, 0.3) is 0 Å². The summed E-state index contributed by atoms with van der Waals surface area (Å²) in [6, 6.07) is -3.62. The molecule has 0 aliphatic carbocycles. The van der Waals surface area contributed by atoms with Crippen LogP contribution in [0, 0.1) is 0 Å². The van der Waals surface area contributed by atoms with Crippen molar-refractivity contribution in [3.05, 3.63) is 12.2 Å². The summed E-state index contributed by atoms with van der Waals surface area (Å²) in [5.41, 5.74) is 38.6. The van der Waals surface area contributed by atoms with Gasteiger partial charge in [-0.15, -0.1) is 0 Å². The summed E-state index contributed by atoms with van der Waals surface area (Å²) in [5.74, 6) is -12.6. The summed E-state index contributed by atoms with van der Waals surface area (Å²) >= 11 is 0. The molecule has 0 saturated heterocycles. The van der Waals surface area contributed by atoms with Crippen molar-refractivity contribution in [1.82, 2.24) is 31.5 Å². The van der Waals surface area contributed by atoms with Gasteiger partial charge < -0.3 is 86.9 Å². The van der Waals surface area contributed by atoms with Crippen LogP contribution in [0.15, 0.2) is 27.1 Å². The molecule has 0 radical (unpaired) electrons. The van der Waals surface area contributed by atoms with Gasteiger partial charge in [-0.2, -0.15) is 39.5 Å². The molecule has 38 heteroatoms. The van der Waals surface area contributed by atoms with Gasteiger partial charge in [0.05, 0.1) is 0 Å². The highest BCUT2D eigenvalue weighted by atomic mass is 19.4. The third kappa shape index (κ3) is 82.7. The van der Waals surface area contributed by atoms with Crippen LogP contribution in [0.2, 0.25) is 0 Å². The van der Waals surface area contributed by atoms with Crippen molar-refractivity contribution in [2.45, 2.75) is 372 Å². The Morgan fingerprint density at radius 3 is 0.780 bits per heavy atom. The molecule has 0 heterocycles. The first-order valence-corrected chi connectivity index (χ1v) is 42.6. The van der Waals surface area contributed by atoms with E-state index in [1.807, 2.05) is 0 Å². The number of primary amides is 1. The minimum atomic E-state index is -5.08. The van der Waals surface area contributed by atoms with E-state index in [9.17, 15) is 73.1 Å². The molecule has 0 aromatic carbocycles. The van der Waals surface area contributed by atoms with Gasteiger partial charge in [0.25, 0.3) is 0 Å². The number of hydrogen-bond acceptors (Lipinski definition) is 13. The molecule has 29 nitrogen and oxygen atoms in total. The highest BCUT2D eigenvalue weighted by Gasteiger charge is 2.40. The average Bonchev–Trinajstić information content (AvgIpc) is 0.870. The molecule has 3 atom stereocenters. The molecular weight excluding hydrogens is 1560 g/mol. The number of halogens is 9. The summed E-state index contributed by atoms with van der Waals surface area (Å²) in [6.07, 6.45) is 42.5. The maximum absolute atomic E-state index is 14.1. The molecule has 0 rings (SSSR count).